The van der Waals surface area contributed by atoms with Crippen molar-refractivity contribution in [2.24, 2.45) is 39.7 Å². The molecule has 0 fully saturated rings. The molecule has 0 atom stereocenters. The van der Waals surface area contributed by atoms with Crippen LogP contribution in [0.2, 0.25) is 0 Å². The van der Waals surface area contributed by atoms with Crippen molar-refractivity contribution in [3.8, 4) is 23.3 Å². The zero-order valence-corrected chi connectivity index (χ0v) is 27.4. The van der Waals surface area contributed by atoms with Gasteiger partial charge in [0.25, 0.3) is 11.1 Å². The zero-order valence-electron chi connectivity index (χ0n) is 27.4. The number of benzene rings is 2. The highest BCUT2D eigenvalue weighted by molar-refractivity contribution is 6.04. The van der Waals surface area contributed by atoms with Crippen molar-refractivity contribution in [1.82, 2.24) is 28.2 Å². The monoisotopic (exact) mass is 670 g/mol. The number of nitrogens with zero attached hydrogens (tertiary/aromatic N) is 9. The third-order valence-corrected chi connectivity index (χ3v) is 8.78. The molecule has 2 aromatic carbocycles. The Labute approximate surface area is 282 Å². The number of pyridine rings is 2. The molecule has 0 radical (unpaired) electrons. The van der Waals surface area contributed by atoms with Crippen LogP contribution in [0, 0.1) is 22.7 Å². The van der Waals surface area contributed by atoms with Crippen molar-refractivity contribution in [3.05, 3.63) is 112 Å². The Balaban J connectivity index is 2.00. The van der Waals surface area contributed by atoms with Gasteiger partial charge in [-0.25, -0.2) is 19.6 Å². The van der Waals surface area contributed by atoms with Gasteiger partial charge in [0.1, 0.15) is 28.9 Å². The molecule has 0 unspecified atom stereocenters. The summed E-state index contributed by atoms with van der Waals surface area (Å²) in [6, 6.07) is 17.6. The molecule has 0 bridgehead atoms. The summed E-state index contributed by atoms with van der Waals surface area (Å²) >= 11 is 0. The maximum Gasteiger partial charge on any atom is 0.332 e. The van der Waals surface area contributed by atoms with Crippen LogP contribution in [-0.4, -0.2) is 28.2 Å². The van der Waals surface area contributed by atoms with Crippen LogP contribution in [0.1, 0.15) is 22.3 Å². The third kappa shape index (κ3) is 4.66. The van der Waals surface area contributed by atoms with E-state index in [-0.39, 0.29) is 80.4 Å². The van der Waals surface area contributed by atoms with Gasteiger partial charge in [-0.15, -0.1) is 0 Å². The molecule has 250 valence electrons. The van der Waals surface area contributed by atoms with Gasteiger partial charge in [-0.2, -0.15) is 10.5 Å². The smallest absolute Gasteiger partial charge is 0.332 e. The molecule has 0 aliphatic carbocycles. The average Bonchev–Trinajstić information content (AvgIpc) is 3.13. The Morgan fingerprint density at radius 2 is 1.32 bits per heavy atom. The largest absolute Gasteiger partial charge is 0.383 e. The third-order valence-electron chi connectivity index (χ3n) is 8.78. The summed E-state index contributed by atoms with van der Waals surface area (Å²) in [5.41, 5.74) is 17.2. The number of hydrogen-bond acceptors (Lipinski definition) is 12. The van der Waals surface area contributed by atoms with Gasteiger partial charge < -0.3 is 17.2 Å². The molecule has 16 nitrogen and oxygen atoms in total. The van der Waals surface area contributed by atoms with Crippen molar-refractivity contribution >= 4 is 45.1 Å². The standard InChI is InChI=1S/C34H30N12O4/c1-42-29-24(31(47)44(3)33(42)49)23(19-11-7-5-9-17(19)13-35)20(15-37)28(41-29)46(22-12-8-6-10-18(22)14-36)26-21(16-38)27(39)40-30-25(26)32(48)45(4)34(50)43(30)2/h5-12H,13,16,35,38H2,1-4H3,(H2,39,40). The average molecular weight is 671 g/mol. The van der Waals surface area contributed by atoms with Crippen LogP contribution in [-0.2, 0) is 41.3 Å². The minimum Gasteiger partial charge on any atom is -0.383 e. The van der Waals surface area contributed by atoms with Crippen LogP contribution in [0.4, 0.5) is 23.0 Å². The normalized spacial score (nSPS) is 11.1. The number of aryl methyl sites for hydroxylation is 2. The second-order valence-electron chi connectivity index (χ2n) is 11.5. The highest BCUT2D eigenvalue weighted by Gasteiger charge is 2.33. The van der Waals surface area contributed by atoms with Crippen LogP contribution < -0.4 is 44.6 Å². The number of nitrogen functional groups attached to an aromatic ring is 1. The molecule has 6 rings (SSSR count). The van der Waals surface area contributed by atoms with E-state index in [1.165, 1.54) is 39.2 Å². The molecule has 16 heteroatoms. The molecule has 0 saturated heterocycles. The number of rotatable bonds is 6. The van der Waals surface area contributed by atoms with Gasteiger partial charge in [-0.3, -0.25) is 32.8 Å². The molecular weight excluding hydrogens is 640 g/mol. The second kappa shape index (κ2) is 12.3. The van der Waals surface area contributed by atoms with Gasteiger partial charge in [0, 0.05) is 52.4 Å². The summed E-state index contributed by atoms with van der Waals surface area (Å²) < 4.78 is 4.10. The second-order valence-corrected chi connectivity index (χ2v) is 11.5. The molecule has 4 aromatic heterocycles. The molecule has 0 aliphatic heterocycles. The lowest BCUT2D eigenvalue weighted by Gasteiger charge is -2.30. The van der Waals surface area contributed by atoms with E-state index in [1.54, 1.807) is 42.5 Å². The Hall–Kier alpha value is -6.88. The Morgan fingerprint density at radius 3 is 1.92 bits per heavy atom. The molecule has 6 N–H and O–H groups in total. The maximum atomic E-state index is 14.1. The SMILES string of the molecule is Cn1c(=O)c2c(-c3ccccc3CN)c(C#N)c(N(c3ccccc3C#N)c3c(CN)c(N)nc4c3c(=O)n(C)c(=O)n4C)nc2n(C)c1=O. The number of nitrogens with two attached hydrogens (primary N) is 3. The van der Waals surface area contributed by atoms with E-state index < -0.39 is 22.5 Å². The first kappa shape index (κ1) is 33.0. The van der Waals surface area contributed by atoms with E-state index in [0.717, 1.165) is 18.3 Å². The number of nitriles is 2. The van der Waals surface area contributed by atoms with Crippen molar-refractivity contribution in [1.29, 1.82) is 10.5 Å². The van der Waals surface area contributed by atoms with Crippen LogP contribution >= 0.6 is 0 Å². The molecule has 4 heterocycles. The number of anilines is 4. The molecule has 0 saturated carbocycles. The van der Waals surface area contributed by atoms with E-state index in [9.17, 15) is 29.7 Å². The Bertz CT molecular complexity index is 2760. The summed E-state index contributed by atoms with van der Waals surface area (Å²) in [4.78, 5) is 65.0. The van der Waals surface area contributed by atoms with Crippen molar-refractivity contribution in [3.63, 3.8) is 0 Å². The van der Waals surface area contributed by atoms with Gasteiger partial charge in [0.15, 0.2) is 17.1 Å². The van der Waals surface area contributed by atoms with Crippen molar-refractivity contribution in [2.75, 3.05) is 10.6 Å². The number of aromatic nitrogens is 6. The topological polar surface area (TPSA) is 243 Å². The van der Waals surface area contributed by atoms with Gasteiger partial charge in [-0.1, -0.05) is 36.4 Å². The lowest BCUT2D eigenvalue weighted by molar-refractivity contribution is 0.706. The summed E-state index contributed by atoms with van der Waals surface area (Å²) in [5, 5.41) is 21.2. The van der Waals surface area contributed by atoms with Crippen LogP contribution in [0.25, 0.3) is 33.2 Å². The van der Waals surface area contributed by atoms with Crippen LogP contribution in [0.15, 0.2) is 67.7 Å². The van der Waals surface area contributed by atoms with Crippen molar-refractivity contribution in [2.45, 2.75) is 13.1 Å². The molecule has 0 aliphatic rings. The first-order chi connectivity index (χ1) is 23.9. The highest BCUT2D eigenvalue weighted by Crippen LogP contribution is 2.46. The van der Waals surface area contributed by atoms with E-state index in [2.05, 4.69) is 17.1 Å². The molecule has 0 spiro atoms. The fourth-order valence-electron chi connectivity index (χ4n) is 6.23. The fourth-order valence-corrected chi connectivity index (χ4v) is 6.23. The quantitative estimate of drug-likeness (QED) is 0.224. The van der Waals surface area contributed by atoms with Gasteiger partial charge in [0.2, 0.25) is 0 Å². The Morgan fingerprint density at radius 1 is 0.740 bits per heavy atom. The fraction of sp³-hybridized carbons (Fsp3) is 0.176. The van der Waals surface area contributed by atoms with Crippen LogP contribution in [0.3, 0.4) is 0 Å². The molecule has 0 amide bonds. The number of hydrogen-bond donors (Lipinski definition) is 3. The van der Waals surface area contributed by atoms with Crippen LogP contribution in [0.5, 0.6) is 0 Å². The van der Waals surface area contributed by atoms with E-state index in [0.29, 0.717) is 11.1 Å². The highest BCUT2D eigenvalue weighted by atomic mass is 16.2. The van der Waals surface area contributed by atoms with Crippen molar-refractivity contribution < 1.29 is 0 Å². The summed E-state index contributed by atoms with van der Waals surface area (Å²) in [6.07, 6.45) is 0. The first-order valence-corrected chi connectivity index (χ1v) is 15.1. The lowest BCUT2D eigenvalue weighted by Crippen LogP contribution is -2.39. The summed E-state index contributed by atoms with van der Waals surface area (Å²) in [6.45, 7) is -0.251. The van der Waals surface area contributed by atoms with Gasteiger partial charge in [-0.05, 0) is 23.3 Å². The minimum absolute atomic E-state index is 0.0101. The van der Waals surface area contributed by atoms with E-state index in [1.807, 2.05) is 0 Å². The molecular formula is C34H30N12O4. The number of fused-ring (bicyclic) bond motifs is 2. The van der Waals surface area contributed by atoms with Gasteiger partial charge >= 0.3 is 11.4 Å². The first-order valence-electron chi connectivity index (χ1n) is 15.1. The van der Waals surface area contributed by atoms with Gasteiger partial charge in [0.05, 0.1) is 22.3 Å². The summed E-state index contributed by atoms with van der Waals surface area (Å²) in [7, 11) is 5.45. The number of para-hydroxylation sites is 1. The molecule has 6 aromatic rings. The minimum atomic E-state index is -0.769. The predicted molar refractivity (Wildman–Crippen MR) is 188 cm³/mol. The van der Waals surface area contributed by atoms with E-state index >= 15 is 0 Å². The zero-order chi connectivity index (χ0) is 36.2. The van der Waals surface area contributed by atoms with E-state index in [4.69, 9.17) is 22.2 Å². The Kier molecular flexibility index (Phi) is 8.12. The lowest BCUT2D eigenvalue weighted by atomic mass is 9.93. The maximum absolute atomic E-state index is 14.1. The predicted octanol–water partition coefficient (Wildman–Crippen LogP) is 0.958. The summed E-state index contributed by atoms with van der Waals surface area (Å²) in [5.74, 6) is -0.308. The molecule has 50 heavy (non-hydrogen) atoms.